The summed E-state index contributed by atoms with van der Waals surface area (Å²) < 4.78 is 11.6. The van der Waals surface area contributed by atoms with E-state index < -0.39 is 0 Å². The molecule has 32 heavy (non-hydrogen) atoms. The number of benzene rings is 3. The van der Waals surface area contributed by atoms with E-state index in [1.54, 1.807) is 24.3 Å². The number of rotatable bonds is 8. The number of ether oxygens (including phenoxy) is 2. The molecule has 4 aromatic rings. The zero-order valence-electron chi connectivity index (χ0n) is 17.2. The van der Waals surface area contributed by atoms with E-state index in [0.717, 1.165) is 22.8 Å². The Balaban J connectivity index is 0.00000289. The molecule has 0 spiro atoms. The van der Waals surface area contributed by atoms with Crippen molar-refractivity contribution in [3.05, 3.63) is 90.9 Å². The average Bonchev–Trinajstić information content (AvgIpc) is 3.29. The first-order chi connectivity index (χ1) is 15.2. The van der Waals surface area contributed by atoms with Crippen LogP contribution in [0, 0.1) is 0 Å². The second-order valence-electron chi connectivity index (χ2n) is 6.74. The van der Waals surface area contributed by atoms with Crippen molar-refractivity contribution in [3.63, 3.8) is 0 Å². The second-order valence-corrected chi connectivity index (χ2v) is 6.74. The summed E-state index contributed by atoms with van der Waals surface area (Å²) in [7, 11) is 0. The fourth-order valence-corrected chi connectivity index (χ4v) is 2.90. The van der Waals surface area contributed by atoms with Gasteiger partial charge >= 0.3 is 0 Å². The van der Waals surface area contributed by atoms with Crippen molar-refractivity contribution in [2.75, 3.05) is 11.9 Å². The number of nitrogens with one attached hydrogen (secondary N) is 2. The number of carbonyl (C=O) groups is 1. The van der Waals surface area contributed by atoms with Crippen LogP contribution in [0.25, 0.3) is 11.3 Å². The van der Waals surface area contributed by atoms with Crippen LogP contribution < -0.4 is 20.5 Å². The third kappa shape index (κ3) is 6.10. The van der Waals surface area contributed by atoms with Crippen molar-refractivity contribution in [2.45, 2.75) is 6.61 Å². The number of H-pyrrole nitrogens is 1. The van der Waals surface area contributed by atoms with Gasteiger partial charge in [0, 0.05) is 17.4 Å². The van der Waals surface area contributed by atoms with Crippen LogP contribution in [0.5, 0.6) is 17.2 Å². The van der Waals surface area contributed by atoms with E-state index >= 15 is 0 Å². The van der Waals surface area contributed by atoms with Crippen LogP contribution in [-0.4, -0.2) is 22.4 Å². The number of amides is 1. The van der Waals surface area contributed by atoms with Crippen molar-refractivity contribution in [1.82, 2.24) is 9.97 Å². The molecule has 0 saturated heterocycles. The number of carbonyl (C=O) groups excluding carboxylic acids is 1. The first-order valence-corrected chi connectivity index (χ1v) is 9.80. The zero-order chi connectivity index (χ0) is 21.5. The number of halogens is 1. The van der Waals surface area contributed by atoms with Crippen molar-refractivity contribution in [3.8, 4) is 28.5 Å². The number of nitrogens with zero attached hydrogens (tertiary/aromatic N) is 1. The van der Waals surface area contributed by atoms with Gasteiger partial charge in [0.15, 0.2) is 0 Å². The fourth-order valence-electron chi connectivity index (χ4n) is 2.90. The SMILES string of the molecule is Cl.NCC(=O)Nc1ccc(Oc2ccc(-c3c[nH]c(COc4ccccc4)n3)cc2)cc1. The Morgan fingerprint density at radius 3 is 2.22 bits per heavy atom. The van der Waals surface area contributed by atoms with Crippen molar-refractivity contribution in [1.29, 1.82) is 0 Å². The van der Waals surface area contributed by atoms with Gasteiger partial charge in [-0.1, -0.05) is 18.2 Å². The molecule has 7 nitrogen and oxygen atoms in total. The largest absolute Gasteiger partial charge is 0.486 e. The minimum atomic E-state index is -0.239. The first-order valence-electron chi connectivity index (χ1n) is 9.80. The Hall–Kier alpha value is -3.81. The molecular formula is C24H23ClN4O3. The predicted molar refractivity (Wildman–Crippen MR) is 126 cm³/mol. The molecule has 1 aromatic heterocycles. The Morgan fingerprint density at radius 2 is 1.56 bits per heavy atom. The normalized spacial score (nSPS) is 10.2. The highest BCUT2D eigenvalue weighted by atomic mass is 35.5. The number of hydrogen-bond acceptors (Lipinski definition) is 5. The minimum Gasteiger partial charge on any atom is -0.486 e. The molecule has 0 unspecified atom stereocenters. The van der Waals surface area contributed by atoms with E-state index in [1.165, 1.54) is 0 Å². The average molecular weight is 451 g/mol. The fraction of sp³-hybridized carbons (Fsp3) is 0.0833. The van der Waals surface area contributed by atoms with Crippen LogP contribution in [0.4, 0.5) is 5.69 Å². The molecule has 3 aromatic carbocycles. The van der Waals surface area contributed by atoms with E-state index in [2.05, 4.69) is 15.3 Å². The number of imidazole rings is 1. The molecule has 164 valence electrons. The molecule has 1 amide bonds. The lowest BCUT2D eigenvalue weighted by molar-refractivity contribution is -0.114. The molecule has 0 bridgehead atoms. The number of anilines is 1. The number of nitrogens with two attached hydrogens (primary N) is 1. The van der Waals surface area contributed by atoms with Gasteiger partial charge in [0.25, 0.3) is 0 Å². The quantitative estimate of drug-likeness (QED) is 0.359. The van der Waals surface area contributed by atoms with E-state index in [-0.39, 0.29) is 24.9 Å². The van der Waals surface area contributed by atoms with Gasteiger partial charge in [-0.25, -0.2) is 4.98 Å². The highest BCUT2D eigenvalue weighted by molar-refractivity contribution is 5.92. The lowest BCUT2D eigenvalue weighted by Crippen LogP contribution is -2.21. The Labute approximate surface area is 192 Å². The smallest absolute Gasteiger partial charge is 0.238 e. The third-order valence-corrected chi connectivity index (χ3v) is 4.46. The Bertz CT molecular complexity index is 1130. The zero-order valence-corrected chi connectivity index (χ0v) is 18.0. The molecule has 0 radical (unpaired) electrons. The molecule has 0 aliphatic heterocycles. The standard InChI is InChI=1S/C24H22N4O3.ClH/c25-14-24(29)27-18-8-12-21(13-9-18)31-20-10-6-17(7-11-20)22-15-26-23(28-22)16-30-19-4-2-1-3-5-19;/h1-13,15H,14,16,25H2,(H,26,28)(H,27,29);1H. The summed E-state index contributed by atoms with van der Waals surface area (Å²) in [6, 6.07) is 24.4. The van der Waals surface area contributed by atoms with Gasteiger partial charge in [-0.2, -0.15) is 0 Å². The van der Waals surface area contributed by atoms with Crippen LogP contribution in [0.1, 0.15) is 5.82 Å². The summed E-state index contributed by atoms with van der Waals surface area (Å²) in [5.74, 6) is 2.68. The topological polar surface area (TPSA) is 102 Å². The Kier molecular flexibility index (Phi) is 7.85. The number of aromatic amines is 1. The molecule has 0 atom stereocenters. The van der Waals surface area contributed by atoms with Crippen LogP contribution in [-0.2, 0) is 11.4 Å². The van der Waals surface area contributed by atoms with Gasteiger partial charge in [0.1, 0.15) is 29.7 Å². The summed E-state index contributed by atoms with van der Waals surface area (Å²) >= 11 is 0. The number of hydrogen-bond donors (Lipinski definition) is 3. The molecule has 4 rings (SSSR count). The summed E-state index contributed by atoms with van der Waals surface area (Å²) in [5, 5.41) is 2.69. The van der Waals surface area contributed by atoms with Crippen LogP contribution in [0.15, 0.2) is 85.1 Å². The van der Waals surface area contributed by atoms with Crippen LogP contribution in [0.3, 0.4) is 0 Å². The van der Waals surface area contributed by atoms with Gasteiger partial charge in [0.2, 0.25) is 5.91 Å². The molecule has 0 fully saturated rings. The van der Waals surface area contributed by atoms with E-state index in [4.69, 9.17) is 15.2 Å². The maximum absolute atomic E-state index is 11.3. The third-order valence-electron chi connectivity index (χ3n) is 4.46. The van der Waals surface area contributed by atoms with Gasteiger partial charge in [-0.05, 0) is 60.7 Å². The van der Waals surface area contributed by atoms with E-state index in [0.29, 0.717) is 23.8 Å². The molecule has 8 heteroatoms. The Morgan fingerprint density at radius 1 is 0.906 bits per heavy atom. The molecule has 0 saturated carbocycles. The van der Waals surface area contributed by atoms with Gasteiger partial charge < -0.3 is 25.5 Å². The second kappa shape index (κ2) is 11.0. The number of para-hydroxylation sites is 1. The molecular weight excluding hydrogens is 428 g/mol. The minimum absolute atomic E-state index is 0. The lowest BCUT2D eigenvalue weighted by Gasteiger charge is -2.08. The van der Waals surface area contributed by atoms with Crippen molar-refractivity contribution < 1.29 is 14.3 Å². The molecule has 1 heterocycles. The van der Waals surface area contributed by atoms with Gasteiger partial charge in [-0.3, -0.25) is 4.79 Å². The van der Waals surface area contributed by atoms with Gasteiger partial charge in [-0.15, -0.1) is 12.4 Å². The summed E-state index contributed by atoms with van der Waals surface area (Å²) in [4.78, 5) is 19.1. The van der Waals surface area contributed by atoms with Crippen molar-refractivity contribution in [2.24, 2.45) is 5.73 Å². The van der Waals surface area contributed by atoms with Gasteiger partial charge in [0.05, 0.1) is 12.2 Å². The monoisotopic (exact) mass is 450 g/mol. The molecule has 0 aliphatic rings. The molecule has 0 aliphatic carbocycles. The lowest BCUT2D eigenvalue weighted by atomic mass is 10.1. The highest BCUT2D eigenvalue weighted by Gasteiger charge is 2.06. The van der Waals surface area contributed by atoms with Crippen LogP contribution in [0.2, 0.25) is 0 Å². The summed E-state index contributed by atoms with van der Waals surface area (Å²) in [6.45, 7) is 0.315. The van der Waals surface area contributed by atoms with Crippen LogP contribution >= 0.6 is 12.4 Å². The summed E-state index contributed by atoms with van der Waals surface area (Å²) in [6.07, 6.45) is 1.86. The number of aromatic nitrogens is 2. The molecule has 4 N–H and O–H groups in total. The maximum atomic E-state index is 11.3. The highest BCUT2D eigenvalue weighted by Crippen LogP contribution is 2.26. The van der Waals surface area contributed by atoms with Crippen molar-refractivity contribution >= 4 is 24.0 Å². The summed E-state index contributed by atoms with van der Waals surface area (Å²) in [5.41, 5.74) is 7.77. The van der Waals surface area contributed by atoms with E-state index in [9.17, 15) is 4.79 Å². The predicted octanol–water partition coefficient (Wildman–Crippen LogP) is 4.77. The maximum Gasteiger partial charge on any atom is 0.238 e. The van der Waals surface area contributed by atoms with E-state index in [1.807, 2.05) is 60.8 Å². The first kappa shape index (κ1) is 22.9.